The van der Waals surface area contributed by atoms with Crippen molar-refractivity contribution in [3.05, 3.63) is 41.0 Å². The highest BCUT2D eigenvalue weighted by Crippen LogP contribution is 2.39. The van der Waals surface area contributed by atoms with Crippen molar-refractivity contribution in [1.29, 1.82) is 0 Å². The van der Waals surface area contributed by atoms with Crippen LogP contribution in [0.3, 0.4) is 0 Å². The Labute approximate surface area is 130 Å². The minimum absolute atomic E-state index is 0.200. The largest absolute Gasteiger partial charge is 0.481 e. The highest BCUT2D eigenvalue weighted by molar-refractivity contribution is 5.95. The molecule has 1 aliphatic rings. The topological polar surface area (TPSA) is 43.7 Å². The molecule has 2 heterocycles. The van der Waals surface area contributed by atoms with Crippen molar-refractivity contribution in [3.8, 4) is 22.9 Å². The second-order valence-electron chi connectivity index (χ2n) is 4.97. The van der Waals surface area contributed by atoms with E-state index in [9.17, 15) is 13.2 Å². The maximum absolute atomic E-state index is 13.1. The zero-order chi connectivity index (χ0) is 16.6. The number of pyridine rings is 1. The summed E-state index contributed by atoms with van der Waals surface area (Å²) in [5.41, 5.74) is 1.33. The van der Waals surface area contributed by atoms with Crippen LogP contribution in [0.15, 0.2) is 29.3 Å². The quantitative estimate of drug-likeness (QED) is 0.865. The smallest absolute Gasteiger partial charge is 0.416 e. The summed E-state index contributed by atoms with van der Waals surface area (Å²) in [6.45, 7) is 0.234. The van der Waals surface area contributed by atoms with Crippen molar-refractivity contribution >= 4 is 6.21 Å². The minimum Gasteiger partial charge on any atom is -0.481 e. The van der Waals surface area contributed by atoms with Crippen LogP contribution in [0, 0.1) is 0 Å². The summed E-state index contributed by atoms with van der Waals surface area (Å²) in [6.07, 6.45) is -2.85. The molecule has 0 radical (unpaired) electrons. The first kappa shape index (κ1) is 15.3. The number of fused-ring (bicyclic) bond motifs is 1. The van der Waals surface area contributed by atoms with Crippen LogP contribution in [0.25, 0.3) is 11.1 Å². The van der Waals surface area contributed by atoms with Crippen molar-refractivity contribution in [3.63, 3.8) is 0 Å². The fraction of sp³-hybridized carbons (Fsp3) is 0.250. The maximum atomic E-state index is 13.1. The molecule has 1 aromatic carbocycles. The standard InChI is InChI=1S/C16H13F3N2O2/c1-22-14-4-3-11(15(21-14)23-2)12-6-10(16(17,18)19)5-9-7-20-8-13(9)12/h3-6,8H,7H2,1-2H3. The number of alkyl halides is 3. The molecule has 0 N–H and O–H groups in total. The van der Waals surface area contributed by atoms with Gasteiger partial charge < -0.3 is 9.47 Å². The average Bonchev–Trinajstić information content (AvgIpc) is 3.01. The van der Waals surface area contributed by atoms with Crippen LogP contribution in [-0.2, 0) is 12.7 Å². The molecule has 1 aliphatic heterocycles. The Morgan fingerprint density at radius 2 is 1.83 bits per heavy atom. The number of methoxy groups -OCH3 is 2. The lowest BCUT2D eigenvalue weighted by atomic mass is 9.94. The third-order valence-electron chi connectivity index (χ3n) is 3.60. The van der Waals surface area contributed by atoms with Gasteiger partial charge in [-0.05, 0) is 29.3 Å². The number of halogens is 3. The highest BCUT2D eigenvalue weighted by atomic mass is 19.4. The molecule has 0 amide bonds. The number of aromatic nitrogens is 1. The minimum atomic E-state index is -4.43. The van der Waals surface area contributed by atoms with Crippen molar-refractivity contribution in [2.24, 2.45) is 4.99 Å². The van der Waals surface area contributed by atoms with Crippen LogP contribution in [0.1, 0.15) is 16.7 Å². The van der Waals surface area contributed by atoms with Gasteiger partial charge in [-0.3, -0.25) is 4.99 Å². The molecule has 0 saturated carbocycles. The van der Waals surface area contributed by atoms with Crippen molar-refractivity contribution < 1.29 is 22.6 Å². The Balaban J connectivity index is 2.24. The molecule has 3 rings (SSSR count). The van der Waals surface area contributed by atoms with E-state index in [2.05, 4.69) is 9.98 Å². The maximum Gasteiger partial charge on any atom is 0.416 e. The van der Waals surface area contributed by atoms with Crippen molar-refractivity contribution in [2.45, 2.75) is 12.7 Å². The van der Waals surface area contributed by atoms with E-state index in [4.69, 9.17) is 9.47 Å². The molecular weight excluding hydrogens is 309 g/mol. The van der Waals surface area contributed by atoms with Gasteiger partial charge in [-0.15, -0.1) is 0 Å². The average molecular weight is 322 g/mol. The molecule has 0 saturated heterocycles. The van der Waals surface area contributed by atoms with Crippen molar-refractivity contribution in [1.82, 2.24) is 4.98 Å². The first-order valence-electron chi connectivity index (χ1n) is 6.77. The van der Waals surface area contributed by atoms with Gasteiger partial charge in [-0.25, -0.2) is 0 Å². The lowest BCUT2D eigenvalue weighted by Gasteiger charge is -2.15. The summed E-state index contributed by atoms with van der Waals surface area (Å²) in [7, 11) is 2.86. The second kappa shape index (κ2) is 5.57. The number of nitrogens with zero attached hydrogens (tertiary/aromatic N) is 2. The molecule has 0 bridgehead atoms. The van der Waals surface area contributed by atoms with E-state index in [-0.39, 0.29) is 12.4 Å². The van der Waals surface area contributed by atoms with Crippen LogP contribution in [0.2, 0.25) is 0 Å². The summed E-state index contributed by atoms with van der Waals surface area (Å²) in [4.78, 5) is 8.20. The van der Waals surface area contributed by atoms with E-state index in [0.717, 1.165) is 12.1 Å². The fourth-order valence-electron chi connectivity index (χ4n) is 2.52. The first-order chi connectivity index (χ1) is 10.9. The predicted octanol–water partition coefficient (Wildman–Crippen LogP) is 3.72. The SMILES string of the molecule is COc1ccc(-c2cc(C(F)(F)F)cc3c2C=NC3)c(OC)n1. The van der Waals surface area contributed by atoms with Crippen molar-refractivity contribution in [2.75, 3.05) is 14.2 Å². The highest BCUT2D eigenvalue weighted by Gasteiger charge is 2.33. The molecule has 0 spiro atoms. The van der Waals surface area contributed by atoms with E-state index in [1.807, 2.05) is 0 Å². The monoisotopic (exact) mass is 322 g/mol. The van der Waals surface area contributed by atoms with Crippen LogP contribution >= 0.6 is 0 Å². The molecule has 0 unspecified atom stereocenters. The Kier molecular flexibility index (Phi) is 3.71. The Hall–Kier alpha value is -2.57. The molecule has 120 valence electrons. The van der Waals surface area contributed by atoms with Crippen LogP contribution in [0.4, 0.5) is 13.2 Å². The molecule has 0 atom stereocenters. The number of aliphatic imine (C=N–C) groups is 1. The molecule has 0 aliphatic carbocycles. The predicted molar refractivity (Wildman–Crippen MR) is 79.1 cm³/mol. The van der Waals surface area contributed by atoms with Gasteiger partial charge in [0.25, 0.3) is 0 Å². The Morgan fingerprint density at radius 3 is 2.48 bits per heavy atom. The molecule has 0 fully saturated rings. The van der Waals surface area contributed by atoms with E-state index in [1.54, 1.807) is 18.3 Å². The number of benzene rings is 1. The van der Waals surface area contributed by atoms with Gasteiger partial charge in [-0.2, -0.15) is 18.2 Å². The summed E-state index contributed by atoms with van der Waals surface area (Å²) in [5.74, 6) is 0.522. The molecule has 7 heteroatoms. The number of hydrogen-bond acceptors (Lipinski definition) is 4. The summed E-state index contributed by atoms with van der Waals surface area (Å²) in [5, 5.41) is 0. The van der Waals surface area contributed by atoms with E-state index in [0.29, 0.717) is 28.1 Å². The van der Waals surface area contributed by atoms with Gasteiger partial charge in [0.15, 0.2) is 0 Å². The normalized spacial score (nSPS) is 13.1. The zero-order valence-corrected chi connectivity index (χ0v) is 12.4. The lowest BCUT2D eigenvalue weighted by Crippen LogP contribution is -2.07. The van der Waals surface area contributed by atoms with Crippen LogP contribution < -0.4 is 9.47 Å². The van der Waals surface area contributed by atoms with Crippen LogP contribution in [-0.4, -0.2) is 25.4 Å². The molecular formula is C16H13F3N2O2. The fourth-order valence-corrected chi connectivity index (χ4v) is 2.52. The lowest BCUT2D eigenvalue weighted by molar-refractivity contribution is -0.137. The molecule has 23 heavy (non-hydrogen) atoms. The van der Waals surface area contributed by atoms with Gasteiger partial charge in [-0.1, -0.05) is 0 Å². The van der Waals surface area contributed by atoms with Gasteiger partial charge >= 0.3 is 6.18 Å². The second-order valence-corrected chi connectivity index (χ2v) is 4.97. The van der Waals surface area contributed by atoms with Gasteiger partial charge in [0, 0.05) is 23.4 Å². The third-order valence-corrected chi connectivity index (χ3v) is 3.60. The zero-order valence-electron chi connectivity index (χ0n) is 12.4. The third kappa shape index (κ3) is 2.74. The number of rotatable bonds is 3. The first-order valence-corrected chi connectivity index (χ1v) is 6.77. The Morgan fingerprint density at radius 1 is 1.04 bits per heavy atom. The molecule has 1 aromatic heterocycles. The van der Waals surface area contributed by atoms with Gasteiger partial charge in [0.1, 0.15) is 0 Å². The van der Waals surface area contributed by atoms with E-state index in [1.165, 1.54) is 14.2 Å². The number of hydrogen-bond donors (Lipinski definition) is 0. The summed E-state index contributed by atoms with van der Waals surface area (Å²) in [6, 6.07) is 5.45. The number of ether oxygens (including phenoxy) is 2. The van der Waals surface area contributed by atoms with Crippen LogP contribution in [0.5, 0.6) is 11.8 Å². The summed E-state index contributed by atoms with van der Waals surface area (Å²) < 4.78 is 49.7. The van der Waals surface area contributed by atoms with Gasteiger partial charge in [0.05, 0.1) is 26.3 Å². The summed E-state index contributed by atoms with van der Waals surface area (Å²) >= 11 is 0. The van der Waals surface area contributed by atoms with Gasteiger partial charge in [0.2, 0.25) is 11.8 Å². The van der Waals surface area contributed by atoms with E-state index >= 15 is 0 Å². The van der Waals surface area contributed by atoms with E-state index < -0.39 is 11.7 Å². The molecule has 4 nitrogen and oxygen atoms in total. The molecule has 2 aromatic rings. The Bertz CT molecular complexity index is 786.